The Hall–Kier alpha value is -2.88. The number of nitrogens with zero attached hydrogens (tertiary/aromatic N) is 5. The van der Waals surface area contributed by atoms with E-state index in [-0.39, 0.29) is 5.91 Å². The summed E-state index contributed by atoms with van der Waals surface area (Å²) in [7, 11) is 1.60. The molecule has 0 radical (unpaired) electrons. The van der Waals surface area contributed by atoms with E-state index in [4.69, 9.17) is 0 Å². The molecule has 1 saturated heterocycles. The second kappa shape index (κ2) is 8.10. The van der Waals surface area contributed by atoms with Crippen LogP contribution in [0.5, 0.6) is 0 Å². The third-order valence-electron chi connectivity index (χ3n) is 5.46. The first-order valence-electron chi connectivity index (χ1n) is 9.85. The van der Waals surface area contributed by atoms with Crippen LogP contribution >= 0.6 is 15.9 Å². The van der Waals surface area contributed by atoms with Gasteiger partial charge in [-0.15, -0.1) is 0 Å². The highest BCUT2D eigenvalue weighted by Gasteiger charge is 2.26. The minimum atomic E-state index is -0.495. The molecule has 10 heteroatoms. The van der Waals surface area contributed by atoms with E-state index in [1.807, 2.05) is 40.7 Å². The minimum absolute atomic E-state index is 0.136. The molecule has 0 spiro atoms. The smallest absolute Gasteiger partial charge is 0.329 e. The van der Waals surface area contributed by atoms with E-state index in [9.17, 15) is 14.4 Å². The molecular formula is C20H23BrN6O3. The maximum Gasteiger partial charge on any atom is 0.329 e. The van der Waals surface area contributed by atoms with Gasteiger partial charge in [0, 0.05) is 44.1 Å². The van der Waals surface area contributed by atoms with Crippen LogP contribution in [-0.2, 0) is 18.4 Å². The van der Waals surface area contributed by atoms with Gasteiger partial charge in [0.2, 0.25) is 11.9 Å². The van der Waals surface area contributed by atoms with E-state index in [1.165, 1.54) is 4.57 Å². The molecule has 1 N–H and O–H groups in total. The molecule has 4 rings (SSSR count). The first-order chi connectivity index (χ1) is 14.4. The number of imidazole rings is 1. The van der Waals surface area contributed by atoms with Gasteiger partial charge in [-0.25, -0.2) is 4.79 Å². The molecule has 0 saturated carbocycles. The number of aromatic nitrogens is 4. The van der Waals surface area contributed by atoms with Crippen molar-refractivity contribution in [3.63, 3.8) is 0 Å². The Bertz CT molecular complexity index is 1200. The van der Waals surface area contributed by atoms with Gasteiger partial charge in [-0.3, -0.25) is 23.7 Å². The van der Waals surface area contributed by atoms with Crippen LogP contribution < -0.4 is 16.1 Å². The summed E-state index contributed by atoms with van der Waals surface area (Å²) in [6.07, 6.45) is 0.486. The van der Waals surface area contributed by atoms with Gasteiger partial charge >= 0.3 is 5.69 Å². The highest BCUT2D eigenvalue weighted by molar-refractivity contribution is 9.10. The van der Waals surface area contributed by atoms with Gasteiger partial charge in [0.05, 0.1) is 6.54 Å². The fourth-order valence-electron chi connectivity index (χ4n) is 3.77. The summed E-state index contributed by atoms with van der Waals surface area (Å²) < 4.78 is 4.18. The van der Waals surface area contributed by atoms with Crippen molar-refractivity contribution in [1.29, 1.82) is 0 Å². The van der Waals surface area contributed by atoms with Crippen molar-refractivity contribution < 1.29 is 4.79 Å². The first-order valence-corrected chi connectivity index (χ1v) is 10.6. The van der Waals surface area contributed by atoms with Crippen molar-refractivity contribution in [3.05, 3.63) is 55.1 Å². The summed E-state index contributed by atoms with van der Waals surface area (Å²) in [5.41, 5.74) is 0.770. The quantitative estimate of drug-likeness (QED) is 0.614. The number of fused-ring (bicyclic) bond motifs is 1. The Morgan fingerprint density at radius 1 is 1.13 bits per heavy atom. The van der Waals surface area contributed by atoms with Crippen LogP contribution in [0.4, 0.5) is 5.95 Å². The van der Waals surface area contributed by atoms with Crippen molar-refractivity contribution in [1.82, 2.24) is 24.0 Å². The average Bonchev–Trinajstić information content (AvgIpc) is 3.13. The standard InChI is InChI=1S/C20H23BrN6O3/c1-3-15(28)25-8-10-26(11-9-25)19-22-17-16(18(29)23-20(30)24(17)2)27(19)12-13-4-6-14(21)7-5-13/h4-7H,3,8-12H2,1-2H3,(H,23,29,30). The van der Waals surface area contributed by atoms with Crippen molar-refractivity contribution in [2.45, 2.75) is 19.9 Å². The number of aryl methyl sites for hydroxylation is 1. The molecule has 0 atom stereocenters. The maximum atomic E-state index is 12.7. The third kappa shape index (κ3) is 3.67. The summed E-state index contributed by atoms with van der Waals surface area (Å²) in [4.78, 5) is 47.8. The van der Waals surface area contributed by atoms with Gasteiger partial charge in [0.15, 0.2) is 11.2 Å². The molecule has 1 fully saturated rings. The van der Waals surface area contributed by atoms with Crippen LogP contribution in [0.1, 0.15) is 18.9 Å². The number of carbonyl (C=O) groups is 1. The lowest BCUT2D eigenvalue weighted by atomic mass is 10.2. The minimum Gasteiger partial charge on any atom is -0.339 e. The van der Waals surface area contributed by atoms with E-state index in [2.05, 4.69) is 30.8 Å². The number of nitrogens with one attached hydrogen (secondary N) is 1. The first kappa shape index (κ1) is 20.4. The van der Waals surface area contributed by atoms with Gasteiger partial charge in [0.1, 0.15) is 0 Å². The lowest BCUT2D eigenvalue weighted by molar-refractivity contribution is -0.131. The molecule has 1 amide bonds. The normalized spacial score (nSPS) is 14.5. The molecule has 30 heavy (non-hydrogen) atoms. The molecule has 158 valence electrons. The lowest BCUT2D eigenvalue weighted by Crippen LogP contribution is -2.49. The Kier molecular flexibility index (Phi) is 5.50. The number of anilines is 1. The predicted molar refractivity (Wildman–Crippen MR) is 118 cm³/mol. The van der Waals surface area contributed by atoms with Gasteiger partial charge in [-0.2, -0.15) is 4.98 Å². The average molecular weight is 475 g/mol. The zero-order valence-electron chi connectivity index (χ0n) is 16.9. The van der Waals surface area contributed by atoms with E-state index >= 15 is 0 Å². The van der Waals surface area contributed by atoms with E-state index in [0.29, 0.717) is 56.3 Å². The number of benzene rings is 1. The van der Waals surface area contributed by atoms with Crippen LogP contribution in [0.15, 0.2) is 38.3 Å². The molecule has 2 aromatic heterocycles. The molecule has 1 aliphatic rings. The number of aromatic amines is 1. The zero-order chi connectivity index (χ0) is 21.4. The van der Waals surface area contributed by atoms with Crippen LogP contribution in [0.3, 0.4) is 0 Å². The Balaban J connectivity index is 1.78. The lowest BCUT2D eigenvalue weighted by Gasteiger charge is -2.35. The Labute approximate surface area is 181 Å². The molecule has 3 heterocycles. The molecule has 1 aromatic carbocycles. The summed E-state index contributed by atoms with van der Waals surface area (Å²) in [5, 5.41) is 0. The molecule has 9 nitrogen and oxygen atoms in total. The number of H-pyrrole nitrogens is 1. The maximum absolute atomic E-state index is 12.7. The molecule has 0 aliphatic carbocycles. The number of hydrogen-bond donors (Lipinski definition) is 1. The molecule has 0 bridgehead atoms. The molecule has 3 aromatic rings. The number of hydrogen-bond acceptors (Lipinski definition) is 5. The largest absolute Gasteiger partial charge is 0.339 e. The van der Waals surface area contributed by atoms with E-state index in [1.54, 1.807) is 7.05 Å². The molecular weight excluding hydrogens is 452 g/mol. The van der Waals surface area contributed by atoms with Crippen molar-refractivity contribution in [2.24, 2.45) is 7.05 Å². The summed E-state index contributed by atoms with van der Waals surface area (Å²) >= 11 is 3.44. The van der Waals surface area contributed by atoms with Crippen molar-refractivity contribution >= 4 is 38.9 Å². The van der Waals surface area contributed by atoms with E-state index < -0.39 is 11.2 Å². The highest BCUT2D eigenvalue weighted by Crippen LogP contribution is 2.23. The Morgan fingerprint density at radius 3 is 2.43 bits per heavy atom. The van der Waals surface area contributed by atoms with Crippen molar-refractivity contribution in [3.8, 4) is 0 Å². The van der Waals surface area contributed by atoms with Crippen LogP contribution in [0.25, 0.3) is 11.2 Å². The summed E-state index contributed by atoms with van der Waals surface area (Å²) in [6, 6.07) is 7.86. The Morgan fingerprint density at radius 2 is 1.80 bits per heavy atom. The van der Waals surface area contributed by atoms with Crippen LogP contribution in [0.2, 0.25) is 0 Å². The third-order valence-corrected chi connectivity index (χ3v) is 5.99. The number of carbonyl (C=O) groups excluding carboxylic acids is 1. The fourth-order valence-corrected chi connectivity index (χ4v) is 4.03. The number of halogens is 1. The topological polar surface area (TPSA) is 96.2 Å². The van der Waals surface area contributed by atoms with Gasteiger partial charge < -0.3 is 9.80 Å². The SMILES string of the molecule is CCC(=O)N1CCN(c2nc3c(c(=O)[nH]c(=O)n3C)n2Cc2ccc(Br)cc2)CC1. The fraction of sp³-hybridized carbons (Fsp3) is 0.400. The van der Waals surface area contributed by atoms with E-state index in [0.717, 1.165) is 10.0 Å². The zero-order valence-corrected chi connectivity index (χ0v) is 18.5. The second-order valence-electron chi connectivity index (χ2n) is 7.34. The monoisotopic (exact) mass is 474 g/mol. The van der Waals surface area contributed by atoms with Gasteiger partial charge in [0.25, 0.3) is 5.56 Å². The van der Waals surface area contributed by atoms with Gasteiger partial charge in [-0.05, 0) is 17.7 Å². The van der Waals surface area contributed by atoms with Crippen LogP contribution in [-0.4, -0.2) is 56.1 Å². The number of rotatable bonds is 4. The van der Waals surface area contributed by atoms with Gasteiger partial charge in [-0.1, -0.05) is 35.0 Å². The predicted octanol–water partition coefficient (Wildman–Crippen LogP) is 1.29. The number of amides is 1. The summed E-state index contributed by atoms with van der Waals surface area (Å²) in [6.45, 7) is 4.73. The molecule has 1 aliphatic heterocycles. The second-order valence-corrected chi connectivity index (χ2v) is 8.25. The van der Waals surface area contributed by atoms with Crippen LogP contribution in [0, 0.1) is 0 Å². The highest BCUT2D eigenvalue weighted by atomic mass is 79.9. The summed E-state index contributed by atoms with van der Waals surface area (Å²) in [5.74, 6) is 0.764. The molecule has 0 unspecified atom stereocenters. The van der Waals surface area contributed by atoms with Crippen molar-refractivity contribution in [2.75, 3.05) is 31.1 Å². The number of piperazine rings is 1.